The molecule has 2 aromatic heterocycles. The molecule has 0 saturated carbocycles. The summed E-state index contributed by atoms with van der Waals surface area (Å²) in [5.41, 5.74) is 4.10. The van der Waals surface area contributed by atoms with Gasteiger partial charge in [0.05, 0.1) is 12.8 Å². The van der Waals surface area contributed by atoms with Gasteiger partial charge in [-0.05, 0) is 26.0 Å². The lowest BCUT2D eigenvalue weighted by molar-refractivity contribution is 0.415. The number of anilines is 1. The second kappa shape index (κ2) is 6.48. The summed E-state index contributed by atoms with van der Waals surface area (Å²) >= 11 is 0. The van der Waals surface area contributed by atoms with Crippen molar-refractivity contribution in [3.8, 4) is 17.0 Å². The van der Waals surface area contributed by atoms with Crippen LogP contribution in [0.25, 0.3) is 11.3 Å². The zero-order valence-electron chi connectivity index (χ0n) is 13.4. The van der Waals surface area contributed by atoms with Crippen molar-refractivity contribution in [1.82, 2.24) is 20.2 Å². The van der Waals surface area contributed by atoms with Crippen molar-refractivity contribution in [2.75, 3.05) is 12.4 Å². The standard InChI is InChI=1S/C17H19N5O/c1-11-16(14-5-4-6-15(7-14)23-3)21-22-17(11)20-10-13-8-18-12(2)19-9-13/h4-9H,10H2,1-3H3,(H2,20,21,22). The highest BCUT2D eigenvalue weighted by Crippen LogP contribution is 2.28. The van der Waals surface area contributed by atoms with Crippen LogP contribution in [-0.2, 0) is 6.54 Å². The van der Waals surface area contributed by atoms with Gasteiger partial charge in [-0.3, -0.25) is 5.10 Å². The number of methoxy groups -OCH3 is 1. The van der Waals surface area contributed by atoms with Gasteiger partial charge in [0.1, 0.15) is 11.6 Å². The molecule has 0 atom stereocenters. The Morgan fingerprint density at radius 1 is 1.17 bits per heavy atom. The first-order chi connectivity index (χ1) is 11.2. The summed E-state index contributed by atoms with van der Waals surface area (Å²) in [6, 6.07) is 7.90. The Kier molecular flexibility index (Phi) is 4.23. The highest BCUT2D eigenvalue weighted by Gasteiger charge is 2.11. The van der Waals surface area contributed by atoms with E-state index in [2.05, 4.69) is 25.5 Å². The smallest absolute Gasteiger partial charge is 0.151 e. The Morgan fingerprint density at radius 2 is 1.96 bits per heavy atom. The fraction of sp³-hybridized carbons (Fsp3) is 0.235. The molecule has 0 aliphatic rings. The number of ether oxygens (including phenoxy) is 1. The normalized spacial score (nSPS) is 10.6. The van der Waals surface area contributed by atoms with Crippen molar-refractivity contribution in [2.45, 2.75) is 20.4 Å². The molecule has 0 bridgehead atoms. The fourth-order valence-corrected chi connectivity index (χ4v) is 2.33. The minimum absolute atomic E-state index is 0.628. The predicted molar refractivity (Wildman–Crippen MR) is 89.4 cm³/mol. The number of hydrogen-bond acceptors (Lipinski definition) is 5. The number of aromatic amines is 1. The van der Waals surface area contributed by atoms with E-state index in [4.69, 9.17) is 4.74 Å². The van der Waals surface area contributed by atoms with Crippen molar-refractivity contribution >= 4 is 5.82 Å². The Labute approximate surface area is 135 Å². The third-order valence-electron chi connectivity index (χ3n) is 3.66. The molecule has 1 aromatic carbocycles. The molecular formula is C17H19N5O. The second-order valence-corrected chi connectivity index (χ2v) is 5.30. The van der Waals surface area contributed by atoms with Gasteiger partial charge in [0, 0.05) is 35.6 Å². The average Bonchev–Trinajstić information content (AvgIpc) is 2.95. The Bertz CT molecular complexity index is 795. The molecule has 6 nitrogen and oxygen atoms in total. The van der Waals surface area contributed by atoms with Crippen LogP contribution in [0.15, 0.2) is 36.7 Å². The Balaban J connectivity index is 1.77. The van der Waals surface area contributed by atoms with Crippen LogP contribution in [0.1, 0.15) is 17.0 Å². The van der Waals surface area contributed by atoms with Gasteiger partial charge in [0.2, 0.25) is 0 Å². The van der Waals surface area contributed by atoms with Crippen LogP contribution < -0.4 is 10.1 Å². The Morgan fingerprint density at radius 3 is 2.70 bits per heavy atom. The van der Waals surface area contributed by atoms with E-state index in [-0.39, 0.29) is 0 Å². The van der Waals surface area contributed by atoms with Gasteiger partial charge >= 0.3 is 0 Å². The number of nitrogens with zero attached hydrogens (tertiary/aromatic N) is 3. The van der Waals surface area contributed by atoms with Crippen molar-refractivity contribution in [3.63, 3.8) is 0 Å². The summed E-state index contributed by atoms with van der Waals surface area (Å²) in [5, 5.41) is 10.8. The van der Waals surface area contributed by atoms with Crippen LogP contribution in [0.5, 0.6) is 5.75 Å². The minimum atomic E-state index is 0.628. The summed E-state index contributed by atoms with van der Waals surface area (Å²) in [6.45, 7) is 4.53. The van der Waals surface area contributed by atoms with Crippen LogP contribution in [0.4, 0.5) is 5.82 Å². The number of aromatic nitrogens is 4. The highest BCUT2D eigenvalue weighted by molar-refractivity contribution is 5.69. The third kappa shape index (κ3) is 3.31. The SMILES string of the molecule is COc1cccc(-c2[nH]nc(NCc3cnc(C)nc3)c2C)c1. The molecule has 0 aliphatic carbocycles. The largest absolute Gasteiger partial charge is 0.497 e. The zero-order chi connectivity index (χ0) is 16.2. The summed E-state index contributed by atoms with van der Waals surface area (Å²) in [4.78, 5) is 8.38. The molecule has 0 unspecified atom stereocenters. The number of nitrogens with one attached hydrogen (secondary N) is 2. The molecule has 2 N–H and O–H groups in total. The molecule has 0 amide bonds. The lowest BCUT2D eigenvalue weighted by atomic mass is 10.1. The summed E-state index contributed by atoms with van der Waals surface area (Å²) < 4.78 is 5.27. The van der Waals surface area contributed by atoms with Gasteiger partial charge in [-0.25, -0.2) is 9.97 Å². The van der Waals surface area contributed by atoms with Crippen molar-refractivity contribution in [2.24, 2.45) is 0 Å². The van der Waals surface area contributed by atoms with Crippen molar-refractivity contribution in [1.29, 1.82) is 0 Å². The molecule has 0 spiro atoms. The second-order valence-electron chi connectivity index (χ2n) is 5.30. The number of H-pyrrole nitrogens is 1. The van der Waals surface area contributed by atoms with Gasteiger partial charge < -0.3 is 10.1 Å². The quantitative estimate of drug-likeness (QED) is 0.757. The molecular weight excluding hydrogens is 290 g/mol. The molecule has 0 radical (unpaired) electrons. The zero-order valence-corrected chi connectivity index (χ0v) is 13.4. The Hall–Kier alpha value is -2.89. The number of aryl methyl sites for hydroxylation is 1. The first kappa shape index (κ1) is 15.0. The van der Waals surface area contributed by atoms with E-state index < -0.39 is 0 Å². The van der Waals surface area contributed by atoms with Gasteiger partial charge in [-0.2, -0.15) is 5.10 Å². The lowest BCUT2D eigenvalue weighted by Crippen LogP contribution is -2.02. The molecule has 0 aliphatic heterocycles. The van der Waals surface area contributed by atoms with Gasteiger partial charge in [-0.15, -0.1) is 0 Å². The van der Waals surface area contributed by atoms with Crippen LogP contribution in [0.2, 0.25) is 0 Å². The number of rotatable bonds is 5. The molecule has 2 heterocycles. The molecule has 0 saturated heterocycles. The molecule has 6 heteroatoms. The third-order valence-corrected chi connectivity index (χ3v) is 3.66. The van der Waals surface area contributed by atoms with E-state index in [1.165, 1.54) is 0 Å². The van der Waals surface area contributed by atoms with Gasteiger partial charge in [0.25, 0.3) is 0 Å². The first-order valence-corrected chi connectivity index (χ1v) is 7.38. The van der Waals surface area contributed by atoms with E-state index in [0.29, 0.717) is 6.54 Å². The first-order valence-electron chi connectivity index (χ1n) is 7.38. The molecule has 3 aromatic rings. The van der Waals surface area contributed by atoms with E-state index >= 15 is 0 Å². The number of benzene rings is 1. The van der Waals surface area contributed by atoms with E-state index in [9.17, 15) is 0 Å². The summed E-state index contributed by atoms with van der Waals surface area (Å²) in [7, 11) is 1.66. The topological polar surface area (TPSA) is 75.7 Å². The molecule has 0 fully saturated rings. The van der Waals surface area contributed by atoms with Gasteiger partial charge in [-0.1, -0.05) is 12.1 Å². The maximum absolute atomic E-state index is 5.27. The van der Waals surface area contributed by atoms with Crippen LogP contribution in [-0.4, -0.2) is 27.3 Å². The van der Waals surface area contributed by atoms with Crippen LogP contribution >= 0.6 is 0 Å². The fourth-order valence-electron chi connectivity index (χ4n) is 2.33. The summed E-state index contributed by atoms with van der Waals surface area (Å²) in [6.07, 6.45) is 3.64. The van der Waals surface area contributed by atoms with Crippen LogP contribution in [0, 0.1) is 13.8 Å². The molecule has 3 rings (SSSR count). The van der Waals surface area contributed by atoms with Crippen LogP contribution in [0.3, 0.4) is 0 Å². The molecule has 23 heavy (non-hydrogen) atoms. The summed E-state index contributed by atoms with van der Waals surface area (Å²) in [5.74, 6) is 2.41. The predicted octanol–water partition coefficient (Wildman–Crippen LogP) is 3.10. The lowest BCUT2D eigenvalue weighted by Gasteiger charge is -2.05. The van der Waals surface area contributed by atoms with Crippen molar-refractivity contribution in [3.05, 3.63) is 53.6 Å². The van der Waals surface area contributed by atoms with Gasteiger partial charge in [0.15, 0.2) is 5.82 Å². The maximum Gasteiger partial charge on any atom is 0.151 e. The van der Waals surface area contributed by atoms with E-state index in [1.807, 2.05) is 50.5 Å². The number of hydrogen-bond donors (Lipinski definition) is 2. The van der Waals surface area contributed by atoms with Crippen molar-refractivity contribution < 1.29 is 4.74 Å². The average molecular weight is 309 g/mol. The minimum Gasteiger partial charge on any atom is -0.497 e. The van der Waals surface area contributed by atoms with E-state index in [1.54, 1.807) is 7.11 Å². The highest BCUT2D eigenvalue weighted by atomic mass is 16.5. The van der Waals surface area contributed by atoms with E-state index in [0.717, 1.165) is 39.8 Å². The monoisotopic (exact) mass is 309 g/mol. The molecule has 118 valence electrons. The maximum atomic E-state index is 5.27.